The van der Waals surface area contributed by atoms with Crippen molar-refractivity contribution in [3.05, 3.63) is 80.0 Å². The average molecular weight is 464 g/mol. The standard InChI is InChI=1S/C17H12BrClN6O3/c18-11-4-6-13(7-5-11)22-15-14(25(27)28)16(21-9-20-15)23-24-17(26)10-2-1-3-12(19)8-10/h1-9H,(H,24,26)(H2,20,21,22,23). The van der Waals surface area contributed by atoms with Crippen LogP contribution in [0.25, 0.3) is 0 Å². The van der Waals surface area contributed by atoms with Gasteiger partial charge in [-0.1, -0.05) is 33.6 Å². The second kappa shape index (κ2) is 8.63. The summed E-state index contributed by atoms with van der Waals surface area (Å²) in [5.41, 5.74) is 5.28. The summed E-state index contributed by atoms with van der Waals surface area (Å²) in [7, 11) is 0. The van der Waals surface area contributed by atoms with Crippen LogP contribution in [0.2, 0.25) is 5.02 Å². The van der Waals surface area contributed by atoms with Gasteiger partial charge in [0.2, 0.25) is 11.6 Å². The van der Waals surface area contributed by atoms with Gasteiger partial charge >= 0.3 is 5.69 Å². The normalized spacial score (nSPS) is 10.2. The molecule has 0 fully saturated rings. The third-order valence-corrected chi connectivity index (χ3v) is 4.26. The van der Waals surface area contributed by atoms with Gasteiger partial charge in [0.05, 0.1) is 4.92 Å². The third kappa shape index (κ3) is 4.72. The van der Waals surface area contributed by atoms with Crippen molar-refractivity contribution in [2.24, 2.45) is 0 Å². The molecule has 0 atom stereocenters. The van der Waals surface area contributed by atoms with E-state index in [9.17, 15) is 14.9 Å². The number of carbonyl (C=O) groups is 1. The first-order valence-corrected chi connectivity index (χ1v) is 8.95. The van der Waals surface area contributed by atoms with E-state index in [1.807, 2.05) is 0 Å². The maximum absolute atomic E-state index is 12.2. The van der Waals surface area contributed by atoms with Gasteiger partial charge in [0.25, 0.3) is 5.91 Å². The van der Waals surface area contributed by atoms with Crippen molar-refractivity contribution in [2.45, 2.75) is 0 Å². The van der Waals surface area contributed by atoms with Crippen LogP contribution in [-0.4, -0.2) is 20.8 Å². The van der Waals surface area contributed by atoms with Crippen LogP contribution < -0.4 is 16.2 Å². The number of rotatable bonds is 6. The summed E-state index contributed by atoms with van der Waals surface area (Å²) in [6, 6.07) is 13.3. The van der Waals surface area contributed by atoms with Gasteiger partial charge in [-0.3, -0.25) is 25.8 Å². The summed E-state index contributed by atoms with van der Waals surface area (Å²) >= 11 is 9.18. The van der Waals surface area contributed by atoms with E-state index < -0.39 is 16.5 Å². The lowest BCUT2D eigenvalue weighted by molar-refractivity contribution is -0.383. The lowest BCUT2D eigenvalue weighted by Crippen LogP contribution is -2.30. The van der Waals surface area contributed by atoms with E-state index in [1.165, 1.54) is 6.07 Å². The first-order chi connectivity index (χ1) is 13.4. The molecule has 0 aliphatic carbocycles. The Labute approximate surface area is 172 Å². The Bertz CT molecular complexity index is 1030. The van der Waals surface area contributed by atoms with Gasteiger partial charge in [-0.2, -0.15) is 0 Å². The zero-order valence-electron chi connectivity index (χ0n) is 14.0. The molecule has 1 heterocycles. The molecular formula is C17H12BrClN6O3. The van der Waals surface area contributed by atoms with E-state index in [0.29, 0.717) is 10.7 Å². The second-order valence-corrected chi connectivity index (χ2v) is 6.75. The molecule has 0 aliphatic rings. The molecule has 0 unspecified atom stereocenters. The van der Waals surface area contributed by atoms with Gasteiger partial charge < -0.3 is 5.32 Å². The molecule has 3 aromatic rings. The largest absolute Gasteiger partial charge is 0.355 e. The number of halogens is 2. The maximum Gasteiger partial charge on any atom is 0.355 e. The van der Waals surface area contributed by atoms with Crippen LogP contribution in [0.5, 0.6) is 0 Å². The number of carbonyl (C=O) groups excluding carboxylic acids is 1. The number of nitro groups is 1. The van der Waals surface area contributed by atoms with E-state index in [2.05, 4.69) is 42.1 Å². The first kappa shape index (κ1) is 19.5. The molecule has 0 aliphatic heterocycles. The van der Waals surface area contributed by atoms with Crippen LogP contribution in [0.1, 0.15) is 10.4 Å². The zero-order chi connectivity index (χ0) is 20.1. The van der Waals surface area contributed by atoms with Crippen LogP contribution in [0.3, 0.4) is 0 Å². The molecule has 0 radical (unpaired) electrons. The zero-order valence-corrected chi connectivity index (χ0v) is 16.4. The first-order valence-electron chi connectivity index (χ1n) is 7.78. The number of nitrogens with one attached hydrogen (secondary N) is 3. The lowest BCUT2D eigenvalue weighted by Gasteiger charge is -2.11. The summed E-state index contributed by atoms with van der Waals surface area (Å²) in [4.78, 5) is 30.9. The molecule has 9 nitrogen and oxygen atoms in total. The van der Waals surface area contributed by atoms with Crippen LogP contribution in [0.4, 0.5) is 23.0 Å². The lowest BCUT2D eigenvalue weighted by atomic mass is 10.2. The Morgan fingerprint density at radius 1 is 1.11 bits per heavy atom. The fourth-order valence-electron chi connectivity index (χ4n) is 2.22. The van der Waals surface area contributed by atoms with Crippen LogP contribution >= 0.6 is 27.5 Å². The Balaban J connectivity index is 1.81. The van der Waals surface area contributed by atoms with Gasteiger partial charge in [-0.25, -0.2) is 9.97 Å². The fourth-order valence-corrected chi connectivity index (χ4v) is 2.68. The van der Waals surface area contributed by atoms with Gasteiger partial charge in [-0.15, -0.1) is 0 Å². The Morgan fingerprint density at radius 3 is 2.50 bits per heavy atom. The summed E-state index contributed by atoms with van der Waals surface area (Å²) in [5.74, 6) is -0.727. The van der Waals surface area contributed by atoms with E-state index in [0.717, 1.165) is 10.8 Å². The molecule has 0 spiro atoms. The number of benzene rings is 2. The molecule has 0 bridgehead atoms. The van der Waals surface area contributed by atoms with Crippen molar-refractivity contribution in [3.63, 3.8) is 0 Å². The quantitative estimate of drug-likeness (QED) is 0.368. The molecule has 11 heteroatoms. The van der Waals surface area contributed by atoms with Gasteiger partial charge in [-0.05, 0) is 42.5 Å². The molecule has 3 rings (SSSR count). The van der Waals surface area contributed by atoms with Crippen molar-refractivity contribution in [3.8, 4) is 0 Å². The summed E-state index contributed by atoms with van der Waals surface area (Å²) < 4.78 is 0.862. The van der Waals surface area contributed by atoms with E-state index in [1.54, 1.807) is 42.5 Å². The number of hydrazine groups is 1. The maximum atomic E-state index is 12.2. The van der Waals surface area contributed by atoms with Crippen molar-refractivity contribution < 1.29 is 9.72 Å². The molecule has 142 valence electrons. The van der Waals surface area contributed by atoms with Gasteiger partial charge in [0, 0.05) is 20.7 Å². The van der Waals surface area contributed by atoms with Crippen LogP contribution in [0.15, 0.2) is 59.3 Å². The summed E-state index contributed by atoms with van der Waals surface area (Å²) in [6.07, 6.45) is 1.14. The molecule has 0 saturated heterocycles. The monoisotopic (exact) mass is 462 g/mol. The summed E-state index contributed by atoms with van der Waals surface area (Å²) in [6.45, 7) is 0. The van der Waals surface area contributed by atoms with E-state index in [-0.39, 0.29) is 17.2 Å². The van der Waals surface area contributed by atoms with Gasteiger partial charge in [0.1, 0.15) is 6.33 Å². The van der Waals surface area contributed by atoms with Crippen LogP contribution in [0, 0.1) is 10.1 Å². The topological polar surface area (TPSA) is 122 Å². The van der Waals surface area contributed by atoms with E-state index in [4.69, 9.17) is 11.6 Å². The molecule has 1 aromatic heterocycles. The van der Waals surface area contributed by atoms with E-state index >= 15 is 0 Å². The molecular weight excluding hydrogens is 452 g/mol. The Morgan fingerprint density at radius 2 is 1.82 bits per heavy atom. The number of aromatic nitrogens is 2. The second-order valence-electron chi connectivity index (χ2n) is 5.40. The smallest absolute Gasteiger partial charge is 0.334 e. The summed E-state index contributed by atoms with van der Waals surface area (Å²) in [5, 5.41) is 14.8. The minimum atomic E-state index is -0.644. The SMILES string of the molecule is O=C(NNc1ncnc(Nc2ccc(Br)cc2)c1[N+](=O)[O-])c1cccc(Cl)c1. The highest BCUT2D eigenvalue weighted by atomic mass is 79.9. The molecule has 2 aromatic carbocycles. The third-order valence-electron chi connectivity index (χ3n) is 3.49. The highest BCUT2D eigenvalue weighted by Crippen LogP contribution is 2.31. The number of nitrogens with zero attached hydrogens (tertiary/aromatic N) is 3. The molecule has 3 N–H and O–H groups in total. The average Bonchev–Trinajstić information content (AvgIpc) is 2.67. The van der Waals surface area contributed by atoms with Crippen molar-refractivity contribution in [1.82, 2.24) is 15.4 Å². The van der Waals surface area contributed by atoms with Gasteiger partial charge in [0.15, 0.2) is 0 Å². The number of hydrogen-bond donors (Lipinski definition) is 3. The molecule has 0 saturated carbocycles. The van der Waals surface area contributed by atoms with Crippen LogP contribution in [-0.2, 0) is 0 Å². The predicted molar refractivity (Wildman–Crippen MR) is 109 cm³/mol. The predicted octanol–water partition coefficient (Wildman–Crippen LogP) is 4.30. The van der Waals surface area contributed by atoms with Crippen molar-refractivity contribution >= 4 is 56.4 Å². The minimum Gasteiger partial charge on any atom is -0.334 e. The molecule has 28 heavy (non-hydrogen) atoms. The minimum absolute atomic E-state index is 0.0261. The number of hydrogen-bond acceptors (Lipinski definition) is 7. The Kier molecular flexibility index (Phi) is 6.02. The highest BCUT2D eigenvalue weighted by molar-refractivity contribution is 9.10. The Hall–Kier alpha value is -3.24. The number of anilines is 3. The fraction of sp³-hybridized carbons (Fsp3) is 0. The highest BCUT2D eigenvalue weighted by Gasteiger charge is 2.23. The van der Waals surface area contributed by atoms with Crippen molar-refractivity contribution in [1.29, 1.82) is 0 Å². The molecule has 1 amide bonds. The number of amides is 1. The van der Waals surface area contributed by atoms with Crippen molar-refractivity contribution in [2.75, 3.05) is 10.7 Å².